The number of sulfone groups is 1. The third-order valence-electron chi connectivity index (χ3n) is 4.82. The third kappa shape index (κ3) is 4.80. The van der Waals surface area contributed by atoms with Gasteiger partial charge in [0.15, 0.2) is 0 Å². The van der Waals surface area contributed by atoms with Gasteiger partial charge in [0.25, 0.3) is 0 Å². The Morgan fingerprint density at radius 1 is 0.862 bits per heavy atom. The Balaban J connectivity index is 2.72. The molecule has 0 fully saturated rings. The summed E-state index contributed by atoms with van der Waals surface area (Å²) in [6.07, 6.45) is 0.367. The maximum absolute atomic E-state index is 13.9. The van der Waals surface area contributed by atoms with E-state index in [1.165, 1.54) is 0 Å². The molecule has 0 saturated carbocycles. The molecule has 1 unspecified atom stereocenters. The Labute approximate surface area is 178 Å². The van der Waals surface area contributed by atoms with Crippen LogP contribution in [0.5, 0.6) is 0 Å². The molecule has 0 radical (unpaired) electrons. The second-order valence-corrected chi connectivity index (χ2v) is 15.7. The first-order valence-electron chi connectivity index (χ1n) is 10.1. The third-order valence-corrected chi connectivity index (χ3v) is 17.2. The van der Waals surface area contributed by atoms with Gasteiger partial charge in [0, 0.05) is 0 Å². The van der Waals surface area contributed by atoms with Crippen LogP contribution in [0.15, 0.2) is 41.3 Å². The van der Waals surface area contributed by atoms with Gasteiger partial charge in [0.05, 0.1) is 0 Å². The van der Waals surface area contributed by atoms with Crippen LogP contribution < -0.4 is 4.90 Å². The number of rotatable bonds is 11. The molecule has 2 rings (SSSR count). The van der Waals surface area contributed by atoms with Crippen LogP contribution in [0.25, 0.3) is 10.8 Å². The van der Waals surface area contributed by atoms with Gasteiger partial charge in [-0.3, -0.25) is 0 Å². The fourth-order valence-electron chi connectivity index (χ4n) is 3.72. The predicted octanol–water partition coefficient (Wildman–Crippen LogP) is 4.05. The van der Waals surface area contributed by atoms with Gasteiger partial charge in [-0.1, -0.05) is 0 Å². The molecular formula is C21H33GeNO5S. The molecule has 162 valence electrons. The topological polar surface area (TPSA) is 65.1 Å². The van der Waals surface area contributed by atoms with Gasteiger partial charge in [-0.2, -0.15) is 0 Å². The van der Waals surface area contributed by atoms with Crippen molar-refractivity contribution in [1.82, 2.24) is 0 Å². The average Bonchev–Trinajstić information content (AvgIpc) is 2.67. The van der Waals surface area contributed by atoms with Crippen LogP contribution in [0.3, 0.4) is 0 Å². The molecular weight excluding hydrogens is 451 g/mol. The molecule has 2 aromatic rings. The molecule has 6 nitrogen and oxygen atoms in total. The van der Waals surface area contributed by atoms with Gasteiger partial charge < -0.3 is 0 Å². The summed E-state index contributed by atoms with van der Waals surface area (Å²) in [6, 6.07) is 11.2. The van der Waals surface area contributed by atoms with Gasteiger partial charge in [0.1, 0.15) is 0 Å². The van der Waals surface area contributed by atoms with E-state index in [0.29, 0.717) is 36.5 Å². The molecule has 0 aliphatic rings. The van der Waals surface area contributed by atoms with E-state index in [1.54, 1.807) is 12.1 Å². The number of anilines is 1. The van der Waals surface area contributed by atoms with Crippen LogP contribution in [0.1, 0.15) is 34.1 Å². The Morgan fingerprint density at radius 3 is 1.86 bits per heavy atom. The minimum absolute atomic E-state index is 0.305. The van der Waals surface area contributed by atoms with Crippen molar-refractivity contribution in [2.75, 3.05) is 38.8 Å². The minimum atomic E-state index is -4.10. The van der Waals surface area contributed by atoms with E-state index < -0.39 is 28.2 Å². The Morgan fingerprint density at radius 2 is 1.38 bits per heavy atom. The van der Waals surface area contributed by atoms with Crippen LogP contribution >= 0.6 is 0 Å². The summed E-state index contributed by atoms with van der Waals surface area (Å²) in [4.78, 5) is 2.29. The molecule has 1 atom stereocenters. The van der Waals surface area contributed by atoms with Gasteiger partial charge in [0.2, 0.25) is 0 Å². The standard InChI is InChI=1S/C21H33GeNO5S/c1-7-21(22(26-8-2,27-9-3)28-10-4)29(24,25)20-16-12-13-17-18(20)14-11-15-19(17)23(5)6/h11-16,21H,7-10H2,1-6H3. The molecule has 0 heterocycles. The molecule has 0 spiro atoms. The molecule has 0 N–H and O–H groups in total. The summed E-state index contributed by atoms with van der Waals surface area (Å²) in [7, 11) is 0.143. The van der Waals surface area contributed by atoms with Crippen molar-refractivity contribution in [3.8, 4) is 0 Å². The molecule has 0 aromatic heterocycles. The second-order valence-electron chi connectivity index (χ2n) is 6.87. The van der Waals surface area contributed by atoms with E-state index in [0.717, 1.165) is 11.1 Å². The van der Waals surface area contributed by atoms with Crippen LogP contribution in [-0.2, 0) is 21.1 Å². The fraction of sp³-hybridized carbons (Fsp3) is 0.524. The van der Waals surface area contributed by atoms with E-state index in [-0.39, 0.29) is 0 Å². The Hall–Kier alpha value is -1.13. The van der Waals surface area contributed by atoms with Crippen LogP contribution in [0.2, 0.25) is 0 Å². The molecule has 8 heteroatoms. The molecule has 29 heavy (non-hydrogen) atoms. The van der Waals surface area contributed by atoms with Crippen LogP contribution in [0.4, 0.5) is 5.69 Å². The number of nitrogens with zero attached hydrogens (tertiary/aromatic N) is 1. The number of hydrogen-bond donors (Lipinski definition) is 0. The monoisotopic (exact) mass is 485 g/mol. The first-order chi connectivity index (χ1) is 13.8. The number of hydrogen-bond acceptors (Lipinski definition) is 6. The molecule has 0 aliphatic carbocycles. The summed E-state index contributed by atoms with van der Waals surface area (Å²) in [6.45, 7) is 8.45. The van der Waals surface area contributed by atoms with Gasteiger partial charge in [-0.15, -0.1) is 0 Å². The molecule has 0 saturated heterocycles. The maximum atomic E-state index is 13.9. The zero-order chi connectivity index (χ0) is 21.7. The normalized spacial score (nSPS) is 13.6. The zero-order valence-corrected chi connectivity index (χ0v) is 21.2. The van der Waals surface area contributed by atoms with Gasteiger partial charge >= 0.3 is 179 Å². The first kappa shape index (κ1) is 24.1. The van der Waals surface area contributed by atoms with E-state index in [1.807, 2.05) is 71.0 Å². The average molecular weight is 484 g/mol. The zero-order valence-electron chi connectivity index (χ0n) is 18.3. The van der Waals surface area contributed by atoms with Crippen molar-refractivity contribution >= 4 is 40.6 Å². The van der Waals surface area contributed by atoms with Crippen LogP contribution in [-0.4, -0.2) is 60.7 Å². The van der Waals surface area contributed by atoms with Crippen molar-refractivity contribution in [2.45, 2.75) is 43.1 Å². The second kappa shape index (κ2) is 10.3. The Kier molecular flexibility index (Phi) is 8.54. The summed E-state index contributed by atoms with van der Waals surface area (Å²) in [5.74, 6) is 0. The van der Waals surface area contributed by atoms with Crippen molar-refractivity contribution < 1.29 is 19.7 Å². The van der Waals surface area contributed by atoms with Crippen molar-refractivity contribution in [2.24, 2.45) is 0 Å². The van der Waals surface area contributed by atoms with E-state index in [9.17, 15) is 8.42 Å². The Bertz CT molecular complexity index is 899. The predicted molar refractivity (Wildman–Crippen MR) is 120 cm³/mol. The molecule has 0 amide bonds. The van der Waals surface area contributed by atoms with Gasteiger partial charge in [-0.05, 0) is 0 Å². The first-order valence-corrected chi connectivity index (χ1v) is 15.5. The van der Waals surface area contributed by atoms with Gasteiger partial charge in [-0.25, -0.2) is 0 Å². The quantitative estimate of drug-likeness (QED) is 0.449. The molecule has 0 bridgehead atoms. The van der Waals surface area contributed by atoms with Crippen LogP contribution in [0, 0.1) is 0 Å². The molecule has 2 aromatic carbocycles. The van der Waals surface area contributed by atoms with Crippen molar-refractivity contribution in [3.63, 3.8) is 0 Å². The SMILES string of the molecule is CC[O][Ge]([O]CC)([O]CC)[CH](CC)S(=O)(=O)c1cccc2c(N(C)C)cccc12. The van der Waals surface area contributed by atoms with E-state index in [2.05, 4.69) is 0 Å². The fourth-order valence-corrected chi connectivity index (χ4v) is 15.1. The molecule has 0 aliphatic heterocycles. The summed E-state index contributed by atoms with van der Waals surface area (Å²) < 4.78 is 45.0. The summed E-state index contributed by atoms with van der Waals surface area (Å²) in [5, 5.41) is 1.61. The van der Waals surface area contributed by atoms with Crippen molar-refractivity contribution in [1.29, 1.82) is 0 Å². The van der Waals surface area contributed by atoms with E-state index in [4.69, 9.17) is 11.3 Å². The number of fused-ring (bicyclic) bond motifs is 1. The number of benzene rings is 2. The van der Waals surface area contributed by atoms with E-state index >= 15 is 0 Å². The van der Waals surface area contributed by atoms with Crippen molar-refractivity contribution in [3.05, 3.63) is 36.4 Å². The summed E-state index contributed by atoms with van der Waals surface area (Å²) in [5.41, 5.74) is 0.972. The summed E-state index contributed by atoms with van der Waals surface area (Å²) >= 11 is -4.10.